The van der Waals surface area contributed by atoms with Crippen LogP contribution in [0.15, 0.2) is 29.8 Å². The van der Waals surface area contributed by atoms with Crippen LogP contribution in [0.25, 0.3) is 6.08 Å². The number of rotatable bonds is 2. The lowest BCUT2D eigenvalue weighted by Crippen LogP contribution is -2.24. The molecule has 0 aliphatic carbocycles. The molecule has 16 heavy (non-hydrogen) atoms. The van der Waals surface area contributed by atoms with E-state index in [1.54, 1.807) is 6.08 Å². The summed E-state index contributed by atoms with van der Waals surface area (Å²) < 4.78 is 0. The van der Waals surface area contributed by atoms with Gasteiger partial charge < -0.3 is 10.4 Å². The third-order valence-electron chi connectivity index (χ3n) is 2.46. The van der Waals surface area contributed by atoms with Gasteiger partial charge in [0.15, 0.2) is 0 Å². The van der Waals surface area contributed by atoms with Gasteiger partial charge in [0.05, 0.1) is 6.42 Å². The van der Waals surface area contributed by atoms with Crippen molar-refractivity contribution in [1.29, 1.82) is 0 Å². The van der Waals surface area contributed by atoms with Crippen LogP contribution in [0.2, 0.25) is 0 Å². The normalized spacial score (nSPS) is 14.5. The molecule has 0 saturated heterocycles. The van der Waals surface area contributed by atoms with Crippen LogP contribution in [0.3, 0.4) is 0 Å². The zero-order valence-corrected chi connectivity index (χ0v) is 8.56. The van der Waals surface area contributed by atoms with E-state index in [2.05, 4.69) is 5.32 Å². The standard InChI is InChI=1S/C12H11NO3/c14-11(15)6-10-5-8-3-1-2-4-9(8)7-13-12(10)16/h1-5H,6-7H2,(H,13,16)(H,14,15). The molecule has 0 unspecified atom stereocenters. The maximum atomic E-state index is 11.6. The molecule has 1 aliphatic heterocycles. The van der Waals surface area contributed by atoms with E-state index in [0.29, 0.717) is 6.54 Å². The van der Waals surface area contributed by atoms with Gasteiger partial charge in [0.1, 0.15) is 0 Å². The van der Waals surface area contributed by atoms with Gasteiger partial charge in [0.2, 0.25) is 5.91 Å². The topological polar surface area (TPSA) is 66.4 Å². The van der Waals surface area contributed by atoms with Crippen LogP contribution in [0, 0.1) is 0 Å². The molecule has 82 valence electrons. The molecular weight excluding hydrogens is 206 g/mol. The van der Waals surface area contributed by atoms with E-state index in [-0.39, 0.29) is 17.9 Å². The molecule has 2 N–H and O–H groups in total. The Kier molecular flexibility index (Phi) is 2.72. The number of carbonyl (C=O) groups excluding carboxylic acids is 1. The number of carboxylic acids is 1. The van der Waals surface area contributed by atoms with Gasteiger partial charge in [0, 0.05) is 12.1 Å². The third-order valence-corrected chi connectivity index (χ3v) is 2.46. The molecule has 0 spiro atoms. The van der Waals surface area contributed by atoms with Gasteiger partial charge in [0.25, 0.3) is 0 Å². The summed E-state index contributed by atoms with van der Waals surface area (Å²) in [7, 11) is 0. The summed E-state index contributed by atoms with van der Waals surface area (Å²) in [5.74, 6) is -1.31. The van der Waals surface area contributed by atoms with E-state index in [4.69, 9.17) is 5.11 Å². The van der Waals surface area contributed by atoms with Crippen molar-refractivity contribution < 1.29 is 14.7 Å². The smallest absolute Gasteiger partial charge is 0.308 e. The first-order valence-corrected chi connectivity index (χ1v) is 4.95. The number of amides is 1. The minimum absolute atomic E-state index is 0.250. The van der Waals surface area contributed by atoms with Crippen LogP contribution < -0.4 is 5.32 Å². The quantitative estimate of drug-likeness (QED) is 0.781. The van der Waals surface area contributed by atoms with Gasteiger partial charge in [-0.3, -0.25) is 9.59 Å². The molecule has 1 amide bonds. The molecule has 0 bridgehead atoms. The number of carbonyl (C=O) groups is 2. The Labute approximate surface area is 92.6 Å². The molecule has 0 fully saturated rings. The van der Waals surface area contributed by atoms with Crippen molar-refractivity contribution in [2.24, 2.45) is 0 Å². The Morgan fingerprint density at radius 3 is 2.88 bits per heavy atom. The van der Waals surface area contributed by atoms with Gasteiger partial charge in [-0.2, -0.15) is 0 Å². The summed E-state index contributed by atoms with van der Waals surface area (Å²) in [6.45, 7) is 0.439. The van der Waals surface area contributed by atoms with Gasteiger partial charge in [-0.05, 0) is 17.2 Å². The molecule has 1 aromatic carbocycles. The fourth-order valence-electron chi connectivity index (χ4n) is 1.67. The molecule has 1 heterocycles. The number of benzene rings is 1. The molecule has 0 saturated carbocycles. The van der Waals surface area contributed by atoms with Gasteiger partial charge >= 0.3 is 5.97 Å². The number of aliphatic carboxylic acids is 1. The Morgan fingerprint density at radius 1 is 1.38 bits per heavy atom. The number of hydrogen-bond donors (Lipinski definition) is 2. The van der Waals surface area contributed by atoms with E-state index in [9.17, 15) is 9.59 Å². The maximum Gasteiger partial charge on any atom is 0.308 e. The zero-order chi connectivity index (χ0) is 11.5. The zero-order valence-electron chi connectivity index (χ0n) is 8.56. The Balaban J connectivity index is 2.40. The van der Waals surface area contributed by atoms with E-state index in [0.717, 1.165) is 11.1 Å². The summed E-state index contributed by atoms with van der Waals surface area (Å²) in [6, 6.07) is 7.54. The van der Waals surface area contributed by atoms with Crippen molar-refractivity contribution in [1.82, 2.24) is 5.32 Å². The van der Waals surface area contributed by atoms with Crippen molar-refractivity contribution in [3.63, 3.8) is 0 Å². The van der Waals surface area contributed by atoms with Crippen LogP contribution in [-0.4, -0.2) is 17.0 Å². The summed E-state index contributed by atoms with van der Waals surface area (Å²) in [5, 5.41) is 11.4. The van der Waals surface area contributed by atoms with Crippen molar-refractivity contribution in [2.75, 3.05) is 0 Å². The molecule has 4 nitrogen and oxygen atoms in total. The number of nitrogens with one attached hydrogen (secondary N) is 1. The second-order valence-electron chi connectivity index (χ2n) is 3.62. The Bertz CT molecular complexity index is 477. The fraction of sp³-hybridized carbons (Fsp3) is 0.167. The van der Waals surface area contributed by atoms with Crippen molar-refractivity contribution in [3.05, 3.63) is 41.0 Å². The highest BCUT2D eigenvalue weighted by Gasteiger charge is 2.17. The number of fused-ring (bicyclic) bond motifs is 1. The van der Waals surface area contributed by atoms with Crippen molar-refractivity contribution in [2.45, 2.75) is 13.0 Å². The third kappa shape index (κ3) is 2.11. The lowest BCUT2D eigenvalue weighted by molar-refractivity contribution is -0.137. The van der Waals surface area contributed by atoms with Gasteiger partial charge in [-0.1, -0.05) is 24.3 Å². The molecular formula is C12H11NO3. The van der Waals surface area contributed by atoms with Crippen molar-refractivity contribution in [3.8, 4) is 0 Å². The van der Waals surface area contributed by atoms with E-state index < -0.39 is 5.97 Å². The average Bonchev–Trinajstić information content (AvgIpc) is 2.39. The molecule has 1 aromatic rings. The average molecular weight is 217 g/mol. The first-order chi connectivity index (χ1) is 7.66. The first-order valence-electron chi connectivity index (χ1n) is 4.95. The lowest BCUT2D eigenvalue weighted by Gasteiger charge is -2.02. The Morgan fingerprint density at radius 2 is 2.12 bits per heavy atom. The van der Waals surface area contributed by atoms with E-state index in [1.807, 2.05) is 24.3 Å². The van der Waals surface area contributed by atoms with Crippen LogP contribution in [0.1, 0.15) is 17.5 Å². The lowest BCUT2D eigenvalue weighted by atomic mass is 10.0. The van der Waals surface area contributed by atoms with Crippen LogP contribution in [-0.2, 0) is 16.1 Å². The summed E-state index contributed by atoms with van der Waals surface area (Å²) in [4.78, 5) is 22.2. The SMILES string of the molecule is O=C(O)CC1=Cc2ccccc2CNC1=O. The Hall–Kier alpha value is -2.10. The molecule has 1 aliphatic rings. The highest BCUT2D eigenvalue weighted by molar-refractivity contribution is 6.02. The highest BCUT2D eigenvalue weighted by Crippen LogP contribution is 2.18. The van der Waals surface area contributed by atoms with Gasteiger partial charge in [-0.15, -0.1) is 0 Å². The van der Waals surface area contributed by atoms with Crippen LogP contribution in [0.5, 0.6) is 0 Å². The fourth-order valence-corrected chi connectivity index (χ4v) is 1.67. The predicted molar refractivity (Wildman–Crippen MR) is 58.5 cm³/mol. The van der Waals surface area contributed by atoms with Crippen LogP contribution >= 0.6 is 0 Å². The summed E-state index contributed by atoms with van der Waals surface area (Å²) >= 11 is 0. The molecule has 4 heteroatoms. The highest BCUT2D eigenvalue weighted by atomic mass is 16.4. The maximum absolute atomic E-state index is 11.6. The second kappa shape index (κ2) is 4.18. The molecule has 0 radical (unpaired) electrons. The minimum Gasteiger partial charge on any atom is -0.481 e. The minimum atomic E-state index is -0.999. The van der Waals surface area contributed by atoms with Crippen molar-refractivity contribution >= 4 is 18.0 Å². The first kappa shape index (κ1) is 10.4. The summed E-state index contributed by atoms with van der Waals surface area (Å²) in [5.41, 5.74) is 2.19. The molecule has 2 rings (SSSR count). The monoisotopic (exact) mass is 217 g/mol. The predicted octanol–water partition coefficient (Wildman–Crippen LogP) is 1.17. The number of carboxylic acid groups (broad SMARTS) is 1. The van der Waals surface area contributed by atoms with Crippen LogP contribution in [0.4, 0.5) is 0 Å². The number of hydrogen-bond acceptors (Lipinski definition) is 2. The second-order valence-corrected chi connectivity index (χ2v) is 3.62. The van der Waals surface area contributed by atoms with Gasteiger partial charge in [-0.25, -0.2) is 0 Å². The molecule has 0 atom stereocenters. The summed E-state index contributed by atoms with van der Waals surface area (Å²) in [6.07, 6.45) is 1.39. The molecule has 0 aromatic heterocycles. The van der Waals surface area contributed by atoms with E-state index in [1.165, 1.54) is 0 Å². The van der Waals surface area contributed by atoms with E-state index >= 15 is 0 Å². The largest absolute Gasteiger partial charge is 0.481 e.